The number of aliphatic carboxylic acids is 1. The summed E-state index contributed by atoms with van der Waals surface area (Å²) in [6, 6.07) is 5.86. The Bertz CT molecular complexity index is 1010. The lowest BCUT2D eigenvalue weighted by Gasteiger charge is -2.07. The molecule has 0 aliphatic rings. The van der Waals surface area contributed by atoms with Crippen LogP contribution in [0.2, 0.25) is 5.02 Å². The number of aromatic nitrogens is 1. The van der Waals surface area contributed by atoms with Crippen molar-refractivity contribution >= 4 is 45.7 Å². The summed E-state index contributed by atoms with van der Waals surface area (Å²) >= 11 is 7.10. The van der Waals surface area contributed by atoms with Gasteiger partial charge in [-0.25, -0.2) is 0 Å². The second-order valence-electron chi connectivity index (χ2n) is 5.35. The quantitative estimate of drug-likeness (QED) is 0.737. The van der Waals surface area contributed by atoms with Crippen molar-refractivity contribution in [2.75, 3.05) is 7.11 Å². The number of rotatable bonds is 4. The molecule has 0 aliphatic heterocycles. The number of carbonyl (C=O) groups is 2. The summed E-state index contributed by atoms with van der Waals surface area (Å²) in [5, 5.41) is 9.44. The maximum absolute atomic E-state index is 13.3. The molecule has 5 nitrogen and oxygen atoms in total. The number of hydrogen-bond acceptors (Lipinski definition) is 4. The number of fused-ring (bicyclic) bond motifs is 1. The summed E-state index contributed by atoms with van der Waals surface area (Å²) < 4.78 is 19.9. The van der Waals surface area contributed by atoms with E-state index in [1.54, 1.807) is 19.1 Å². The van der Waals surface area contributed by atoms with Crippen molar-refractivity contribution in [3.63, 3.8) is 0 Å². The second-order valence-corrected chi connectivity index (χ2v) is 6.77. The predicted molar refractivity (Wildman–Crippen MR) is 93.6 cm³/mol. The molecule has 0 saturated carbocycles. The van der Waals surface area contributed by atoms with Crippen molar-refractivity contribution in [1.29, 1.82) is 0 Å². The number of benzene rings is 1. The third-order valence-electron chi connectivity index (χ3n) is 3.93. The molecule has 0 atom stereocenters. The second kappa shape index (κ2) is 6.50. The van der Waals surface area contributed by atoms with E-state index in [1.165, 1.54) is 23.8 Å². The van der Waals surface area contributed by atoms with Crippen molar-refractivity contribution in [1.82, 2.24) is 4.57 Å². The third-order valence-corrected chi connectivity index (χ3v) is 5.17. The molecule has 0 radical (unpaired) electrons. The van der Waals surface area contributed by atoms with E-state index in [1.807, 2.05) is 0 Å². The molecule has 0 amide bonds. The minimum Gasteiger partial charge on any atom is -0.495 e. The van der Waals surface area contributed by atoms with E-state index in [-0.39, 0.29) is 16.3 Å². The van der Waals surface area contributed by atoms with Crippen LogP contribution in [0.25, 0.3) is 10.9 Å². The molecule has 2 aromatic heterocycles. The van der Waals surface area contributed by atoms with E-state index in [2.05, 4.69) is 0 Å². The van der Waals surface area contributed by atoms with E-state index in [0.29, 0.717) is 27.9 Å². The van der Waals surface area contributed by atoms with Gasteiger partial charge in [-0.2, -0.15) is 4.39 Å². The zero-order chi connectivity index (χ0) is 18.3. The zero-order valence-corrected chi connectivity index (χ0v) is 14.9. The minimum atomic E-state index is -1.05. The minimum absolute atomic E-state index is 0.214. The van der Waals surface area contributed by atoms with Crippen LogP contribution < -0.4 is 4.74 Å². The first kappa shape index (κ1) is 17.4. The first-order valence-electron chi connectivity index (χ1n) is 7.23. The fraction of sp³-hybridized carbons (Fsp3) is 0.176. The van der Waals surface area contributed by atoms with Crippen molar-refractivity contribution in [2.45, 2.75) is 13.3 Å². The molecule has 130 valence electrons. The average Bonchev–Trinajstić information content (AvgIpc) is 3.10. The topological polar surface area (TPSA) is 68.5 Å². The molecule has 0 aliphatic carbocycles. The van der Waals surface area contributed by atoms with Gasteiger partial charge in [0.05, 0.1) is 28.9 Å². The highest BCUT2D eigenvalue weighted by Gasteiger charge is 2.25. The molecule has 0 saturated heterocycles. The van der Waals surface area contributed by atoms with Gasteiger partial charge in [0.1, 0.15) is 5.75 Å². The Morgan fingerprint density at radius 2 is 2.04 bits per heavy atom. The van der Waals surface area contributed by atoms with Gasteiger partial charge in [0.25, 0.3) is 5.91 Å². The van der Waals surface area contributed by atoms with E-state index < -0.39 is 17.0 Å². The number of carboxylic acids is 1. The van der Waals surface area contributed by atoms with Gasteiger partial charge in [-0.05, 0) is 36.8 Å². The fourth-order valence-electron chi connectivity index (χ4n) is 2.84. The summed E-state index contributed by atoms with van der Waals surface area (Å²) in [5.74, 6) is -1.10. The average molecular weight is 382 g/mol. The van der Waals surface area contributed by atoms with Crippen LogP contribution in [0.5, 0.6) is 5.75 Å². The van der Waals surface area contributed by atoms with Crippen LogP contribution in [0.4, 0.5) is 4.39 Å². The van der Waals surface area contributed by atoms with Gasteiger partial charge in [-0.15, -0.1) is 11.3 Å². The van der Waals surface area contributed by atoms with Crippen molar-refractivity contribution in [3.8, 4) is 5.75 Å². The highest BCUT2D eigenvalue weighted by molar-refractivity contribution is 7.12. The summed E-state index contributed by atoms with van der Waals surface area (Å²) in [5.41, 5.74) is 1.33. The molecule has 1 aromatic carbocycles. The number of ether oxygens (including phenoxy) is 1. The molecule has 8 heteroatoms. The van der Waals surface area contributed by atoms with E-state index in [9.17, 15) is 19.1 Å². The molecular formula is C17H13ClFNO4S. The van der Waals surface area contributed by atoms with Crippen LogP contribution >= 0.6 is 22.9 Å². The zero-order valence-electron chi connectivity index (χ0n) is 13.3. The Balaban J connectivity index is 2.32. The van der Waals surface area contributed by atoms with Gasteiger partial charge in [0.15, 0.2) is 5.13 Å². The number of thiophene rings is 1. The highest BCUT2D eigenvalue weighted by atomic mass is 35.5. The van der Waals surface area contributed by atoms with Crippen molar-refractivity contribution < 1.29 is 23.8 Å². The Kier molecular flexibility index (Phi) is 4.53. The maximum Gasteiger partial charge on any atom is 0.307 e. The normalized spacial score (nSPS) is 11.0. The Labute approximate surface area is 151 Å². The number of nitrogens with zero attached hydrogens (tertiary/aromatic N) is 1. The Morgan fingerprint density at radius 3 is 2.60 bits per heavy atom. The lowest BCUT2D eigenvalue weighted by Crippen LogP contribution is -2.12. The standard InChI is InChI=1S/C17H13ClFNO4S/c1-8-9(7-14(21)22)15-10(3-4-11(24-2)16(15)18)20(8)17(23)12-5-6-13(19)25-12/h3-6H,7H2,1-2H3,(H,21,22). The Morgan fingerprint density at radius 1 is 1.32 bits per heavy atom. The van der Waals surface area contributed by atoms with Crippen molar-refractivity contribution in [2.24, 2.45) is 0 Å². The summed E-state index contributed by atoms with van der Waals surface area (Å²) in [6.07, 6.45) is -0.297. The summed E-state index contributed by atoms with van der Waals surface area (Å²) in [7, 11) is 1.45. The molecule has 0 fully saturated rings. The lowest BCUT2D eigenvalue weighted by molar-refractivity contribution is -0.136. The largest absolute Gasteiger partial charge is 0.495 e. The number of methoxy groups -OCH3 is 1. The van der Waals surface area contributed by atoms with E-state index in [0.717, 1.165) is 11.3 Å². The monoisotopic (exact) mass is 381 g/mol. The smallest absolute Gasteiger partial charge is 0.307 e. The molecular weight excluding hydrogens is 369 g/mol. The summed E-state index contributed by atoms with van der Waals surface area (Å²) in [4.78, 5) is 24.3. The van der Waals surface area contributed by atoms with Gasteiger partial charge in [-0.1, -0.05) is 11.6 Å². The molecule has 3 rings (SSSR count). The van der Waals surface area contributed by atoms with Gasteiger partial charge >= 0.3 is 5.97 Å². The molecule has 3 aromatic rings. The number of halogens is 2. The molecule has 1 N–H and O–H groups in total. The first-order chi connectivity index (χ1) is 11.8. The van der Waals surface area contributed by atoms with Crippen LogP contribution in [-0.4, -0.2) is 28.7 Å². The maximum atomic E-state index is 13.3. The summed E-state index contributed by atoms with van der Waals surface area (Å²) in [6.45, 7) is 1.64. The van der Waals surface area contributed by atoms with Gasteiger partial charge in [-0.3, -0.25) is 14.2 Å². The van der Waals surface area contributed by atoms with Crippen LogP contribution in [0.3, 0.4) is 0 Å². The number of carbonyl (C=O) groups excluding carboxylic acids is 1. The van der Waals surface area contributed by atoms with E-state index in [4.69, 9.17) is 16.3 Å². The predicted octanol–water partition coefficient (Wildman–Crippen LogP) is 4.13. The first-order valence-corrected chi connectivity index (χ1v) is 8.42. The third kappa shape index (κ3) is 2.89. The SMILES string of the molecule is COc1ccc2c(c1Cl)c(CC(=O)O)c(C)n2C(=O)c1ccc(F)s1. The van der Waals surface area contributed by atoms with Gasteiger partial charge in [0.2, 0.25) is 0 Å². The molecule has 2 heterocycles. The van der Waals surface area contributed by atoms with Crippen LogP contribution in [0, 0.1) is 12.1 Å². The highest BCUT2D eigenvalue weighted by Crippen LogP contribution is 2.38. The molecule has 0 spiro atoms. The van der Waals surface area contributed by atoms with Crippen LogP contribution in [0.1, 0.15) is 20.9 Å². The number of carboxylic acid groups (broad SMARTS) is 1. The van der Waals surface area contributed by atoms with E-state index >= 15 is 0 Å². The molecule has 0 unspecified atom stereocenters. The fourth-order valence-corrected chi connectivity index (χ4v) is 3.85. The van der Waals surface area contributed by atoms with Gasteiger partial charge < -0.3 is 9.84 Å². The Hall–Kier alpha value is -2.38. The van der Waals surface area contributed by atoms with Crippen molar-refractivity contribution in [3.05, 3.63) is 50.6 Å². The van der Waals surface area contributed by atoms with Crippen LogP contribution in [0.15, 0.2) is 24.3 Å². The van der Waals surface area contributed by atoms with Gasteiger partial charge in [0, 0.05) is 11.1 Å². The number of hydrogen-bond donors (Lipinski definition) is 1. The molecule has 25 heavy (non-hydrogen) atoms. The molecule has 0 bridgehead atoms. The van der Waals surface area contributed by atoms with Crippen LogP contribution in [-0.2, 0) is 11.2 Å². The lowest BCUT2D eigenvalue weighted by atomic mass is 10.1.